The fraction of sp³-hybridized carbons (Fsp3) is 0.0588. The summed E-state index contributed by atoms with van der Waals surface area (Å²) in [7, 11) is 0. The zero-order chi connectivity index (χ0) is 14.7. The number of aromatic nitrogens is 1. The van der Waals surface area contributed by atoms with E-state index in [9.17, 15) is 4.79 Å². The molecule has 3 nitrogen and oxygen atoms in total. The van der Waals surface area contributed by atoms with E-state index < -0.39 is 0 Å². The highest BCUT2D eigenvalue weighted by atomic mass is 35.5. The van der Waals surface area contributed by atoms with Crippen LogP contribution in [-0.4, -0.2) is 10.9 Å². The fourth-order valence-corrected chi connectivity index (χ4v) is 2.29. The topological polar surface area (TPSA) is 42.0 Å². The number of hydrogen-bond acceptors (Lipinski definition) is 2. The third kappa shape index (κ3) is 3.03. The summed E-state index contributed by atoms with van der Waals surface area (Å²) in [5.74, 6) is 0.185. The molecule has 21 heavy (non-hydrogen) atoms. The predicted molar refractivity (Wildman–Crippen MR) is 85.7 cm³/mol. The zero-order valence-corrected chi connectivity index (χ0v) is 12.0. The van der Waals surface area contributed by atoms with Gasteiger partial charge in [-0.25, -0.2) is 4.98 Å². The van der Waals surface area contributed by atoms with Gasteiger partial charge in [0.15, 0.2) is 0 Å². The average molecular weight is 297 g/mol. The van der Waals surface area contributed by atoms with E-state index in [-0.39, 0.29) is 5.91 Å². The summed E-state index contributed by atoms with van der Waals surface area (Å²) in [5.41, 5.74) is 2.87. The number of pyridine rings is 1. The molecule has 1 amide bonds. The molecule has 2 aromatic carbocycles. The number of benzene rings is 2. The van der Waals surface area contributed by atoms with Crippen LogP contribution in [0.15, 0.2) is 60.7 Å². The molecular formula is C17H13ClN2O. The number of nitrogens with zero attached hydrogens (tertiary/aromatic N) is 1. The van der Waals surface area contributed by atoms with E-state index in [4.69, 9.17) is 11.6 Å². The molecule has 0 atom stereocenters. The maximum Gasteiger partial charge on any atom is 0.274 e. The van der Waals surface area contributed by atoms with Crippen LogP contribution in [0.5, 0.6) is 0 Å². The lowest BCUT2D eigenvalue weighted by atomic mass is 10.2. The van der Waals surface area contributed by atoms with E-state index in [1.54, 1.807) is 6.07 Å². The van der Waals surface area contributed by atoms with Gasteiger partial charge in [0.25, 0.3) is 5.91 Å². The molecule has 0 bridgehead atoms. The van der Waals surface area contributed by atoms with Gasteiger partial charge in [0.05, 0.1) is 5.52 Å². The number of halogens is 1. The highest BCUT2D eigenvalue weighted by molar-refractivity contribution is 6.17. The summed E-state index contributed by atoms with van der Waals surface area (Å²) in [6.07, 6.45) is 0. The van der Waals surface area contributed by atoms with Crippen molar-refractivity contribution in [1.82, 2.24) is 4.98 Å². The SMILES string of the molecule is O=C(Nc1cccc(CCl)c1)c1ccc2ccccc2n1. The summed E-state index contributed by atoms with van der Waals surface area (Å²) >= 11 is 5.79. The summed E-state index contributed by atoms with van der Waals surface area (Å²) in [6, 6.07) is 18.8. The van der Waals surface area contributed by atoms with Crippen LogP contribution in [0.3, 0.4) is 0 Å². The first-order valence-electron chi connectivity index (χ1n) is 6.58. The molecule has 1 N–H and O–H groups in total. The quantitative estimate of drug-likeness (QED) is 0.735. The summed E-state index contributed by atoms with van der Waals surface area (Å²) in [4.78, 5) is 16.6. The molecular weight excluding hydrogens is 284 g/mol. The van der Waals surface area contributed by atoms with Crippen LogP contribution in [0.25, 0.3) is 10.9 Å². The number of anilines is 1. The molecule has 104 valence electrons. The molecule has 0 spiro atoms. The largest absolute Gasteiger partial charge is 0.321 e. The lowest BCUT2D eigenvalue weighted by Crippen LogP contribution is -2.13. The minimum atomic E-state index is -0.229. The van der Waals surface area contributed by atoms with Crippen molar-refractivity contribution in [1.29, 1.82) is 0 Å². The Bertz CT molecular complexity index is 801. The van der Waals surface area contributed by atoms with Gasteiger partial charge in [-0.2, -0.15) is 0 Å². The Morgan fingerprint density at radius 1 is 1.05 bits per heavy atom. The first kappa shape index (κ1) is 13.6. The van der Waals surface area contributed by atoms with Crippen molar-refractivity contribution < 1.29 is 4.79 Å². The number of alkyl halides is 1. The van der Waals surface area contributed by atoms with Crippen molar-refractivity contribution >= 4 is 34.1 Å². The van der Waals surface area contributed by atoms with Gasteiger partial charge in [-0.05, 0) is 29.8 Å². The minimum absolute atomic E-state index is 0.229. The van der Waals surface area contributed by atoms with Crippen molar-refractivity contribution in [3.8, 4) is 0 Å². The molecule has 3 aromatic rings. The average Bonchev–Trinajstić information content (AvgIpc) is 2.54. The Balaban J connectivity index is 1.86. The van der Waals surface area contributed by atoms with Crippen LogP contribution < -0.4 is 5.32 Å². The number of nitrogens with one attached hydrogen (secondary N) is 1. The molecule has 1 heterocycles. The van der Waals surface area contributed by atoms with Gasteiger partial charge in [0.2, 0.25) is 0 Å². The number of fused-ring (bicyclic) bond motifs is 1. The van der Waals surface area contributed by atoms with Gasteiger partial charge in [0, 0.05) is 17.0 Å². The molecule has 0 aliphatic carbocycles. The second-order valence-electron chi connectivity index (χ2n) is 4.68. The van der Waals surface area contributed by atoms with Crippen LogP contribution in [0.4, 0.5) is 5.69 Å². The van der Waals surface area contributed by atoms with E-state index in [0.717, 1.165) is 16.5 Å². The molecule has 3 rings (SSSR count). The molecule has 0 saturated carbocycles. The Hall–Kier alpha value is -2.39. The van der Waals surface area contributed by atoms with Crippen LogP contribution in [0, 0.1) is 0 Å². The van der Waals surface area contributed by atoms with Crippen LogP contribution in [-0.2, 0) is 5.88 Å². The maximum absolute atomic E-state index is 12.3. The van der Waals surface area contributed by atoms with Crippen molar-refractivity contribution in [2.24, 2.45) is 0 Å². The number of rotatable bonds is 3. The second kappa shape index (κ2) is 5.94. The monoisotopic (exact) mass is 296 g/mol. The van der Waals surface area contributed by atoms with E-state index in [1.165, 1.54) is 0 Å². The smallest absolute Gasteiger partial charge is 0.274 e. The Morgan fingerprint density at radius 2 is 1.90 bits per heavy atom. The van der Waals surface area contributed by atoms with Gasteiger partial charge in [-0.3, -0.25) is 4.79 Å². The zero-order valence-electron chi connectivity index (χ0n) is 11.2. The molecule has 4 heteroatoms. The number of hydrogen-bond donors (Lipinski definition) is 1. The lowest BCUT2D eigenvalue weighted by molar-refractivity contribution is 0.102. The summed E-state index contributed by atoms with van der Waals surface area (Å²) in [6.45, 7) is 0. The van der Waals surface area contributed by atoms with Crippen LogP contribution >= 0.6 is 11.6 Å². The van der Waals surface area contributed by atoms with Gasteiger partial charge in [-0.1, -0.05) is 36.4 Å². The second-order valence-corrected chi connectivity index (χ2v) is 4.94. The standard InChI is InChI=1S/C17H13ClN2O/c18-11-12-4-3-6-14(10-12)19-17(21)16-9-8-13-5-1-2-7-15(13)20-16/h1-10H,11H2,(H,19,21). The number of carbonyl (C=O) groups is 1. The van der Waals surface area contributed by atoms with Crippen molar-refractivity contribution in [3.63, 3.8) is 0 Å². The summed E-state index contributed by atoms with van der Waals surface area (Å²) < 4.78 is 0. The van der Waals surface area contributed by atoms with Crippen molar-refractivity contribution in [3.05, 3.63) is 71.9 Å². The molecule has 1 aromatic heterocycles. The predicted octanol–water partition coefficient (Wildman–Crippen LogP) is 4.23. The summed E-state index contributed by atoms with van der Waals surface area (Å²) in [5, 5.41) is 3.85. The fourth-order valence-electron chi connectivity index (χ4n) is 2.12. The van der Waals surface area contributed by atoms with E-state index in [2.05, 4.69) is 10.3 Å². The Kier molecular flexibility index (Phi) is 3.84. The minimum Gasteiger partial charge on any atom is -0.321 e. The van der Waals surface area contributed by atoms with Gasteiger partial charge in [-0.15, -0.1) is 11.6 Å². The van der Waals surface area contributed by atoms with Gasteiger partial charge >= 0.3 is 0 Å². The van der Waals surface area contributed by atoms with Gasteiger partial charge in [0.1, 0.15) is 5.69 Å². The highest BCUT2D eigenvalue weighted by Gasteiger charge is 2.08. The molecule has 0 fully saturated rings. The maximum atomic E-state index is 12.3. The lowest BCUT2D eigenvalue weighted by Gasteiger charge is -2.06. The number of amides is 1. The molecule has 0 saturated heterocycles. The third-order valence-corrected chi connectivity index (χ3v) is 3.48. The highest BCUT2D eigenvalue weighted by Crippen LogP contribution is 2.15. The number of para-hydroxylation sites is 1. The Labute approximate surface area is 127 Å². The third-order valence-electron chi connectivity index (χ3n) is 3.17. The molecule has 0 radical (unpaired) electrons. The number of carbonyl (C=O) groups excluding carboxylic acids is 1. The first-order valence-corrected chi connectivity index (χ1v) is 7.12. The Morgan fingerprint density at radius 3 is 2.76 bits per heavy atom. The molecule has 0 aliphatic heterocycles. The molecule has 0 aliphatic rings. The van der Waals surface area contributed by atoms with E-state index in [0.29, 0.717) is 17.3 Å². The normalized spacial score (nSPS) is 10.5. The molecule has 0 unspecified atom stereocenters. The van der Waals surface area contributed by atoms with Crippen molar-refractivity contribution in [2.45, 2.75) is 5.88 Å². The van der Waals surface area contributed by atoms with Crippen LogP contribution in [0.1, 0.15) is 16.1 Å². The van der Waals surface area contributed by atoms with Crippen LogP contribution in [0.2, 0.25) is 0 Å². The van der Waals surface area contributed by atoms with E-state index in [1.807, 2.05) is 54.6 Å². The van der Waals surface area contributed by atoms with E-state index >= 15 is 0 Å². The van der Waals surface area contributed by atoms with Gasteiger partial charge < -0.3 is 5.32 Å². The first-order chi connectivity index (χ1) is 10.3. The van der Waals surface area contributed by atoms with Crippen molar-refractivity contribution in [2.75, 3.05) is 5.32 Å².